The Morgan fingerprint density at radius 1 is 0.958 bits per heavy atom. The summed E-state index contributed by atoms with van der Waals surface area (Å²) in [5, 5.41) is 3.22. The van der Waals surface area contributed by atoms with E-state index in [0.29, 0.717) is 39.3 Å². The largest absolute Gasteiger partial charge is 0.339 e. The highest BCUT2D eigenvalue weighted by Gasteiger charge is 2.36. The van der Waals surface area contributed by atoms with E-state index in [9.17, 15) is 13.2 Å². The second-order valence-corrected chi connectivity index (χ2v) is 8.51. The van der Waals surface area contributed by atoms with Crippen molar-refractivity contribution in [3.05, 3.63) is 0 Å². The van der Waals surface area contributed by atoms with Gasteiger partial charge in [-0.25, -0.2) is 0 Å². The van der Waals surface area contributed by atoms with Crippen LogP contribution in [0.2, 0.25) is 0 Å². The van der Waals surface area contributed by atoms with E-state index in [1.165, 1.54) is 4.31 Å². The molecule has 3 saturated heterocycles. The minimum absolute atomic E-state index is 0. The normalized spacial score (nSPS) is 27.9. The summed E-state index contributed by atoms with van der Waals surface area (Å²) in [6.45, 7) is 5.30. The lowest BCUT2D eigenvalue weighted by atomic mass is 10.2. The molecule has 10 heteroatoms. The first-order valence-electron chi connectivity index (χ1n) is 8.44. The molecular formula is C14H28ClN5O3S. The average Bonchev–Trinajstić information content (AvgIpc) is 3.09. The first-order chi connectivity index (χ1) is 11.0. The van der Waals surface area contributed by atoms with Crippen molar-refractivity contribution < 1.29 is 13.2 Å². The van der Waals surface area contributed by atoms with Crippen molar-refractivity contribution in [2.45, 2.75) is 18.9 Å². The lowest BCUT2D eigenvalue weighted by Gasteiger charge is -2.39. The number of halogens is 1. The second kappa shape index (κ2) is 8.29. The van der Waals surface area contributed by atoms with E-state index < -0.39 is 10.2 Å². The molecule has 0 spiro atoms. The maximum Gasteiger partial charge on any atom is 0.282 e. The Hall–Kier alpha value is -0.450. The van der Waals surface area contributed by atoms with Crippen molar-refractivity contribution in [2.24, 2.45) is 0 Å². The smallest absolute Gasteiger partial charge is 0.282 e. The van der Waals surface area contributed by atoms with Gasteiger partial charge in [-0.2, -0.15) is 17.0 Å². The minimum Gasteiger partial charge on any atom is -0.339 e. The van der Waals surface area contributed by atoms with Crippen LogP contribution in [0.15, 0.2) is 0 Å². The highest BCUT2D eigenvalue weighted by Crippen LogP contribution is 2.16. The number of hydrogen-bond acceptors (Lipinski definition) is 5. The third kappa shape index (κ3) is 4.20. The Morgan fingerprint density at radius 2 is 1.50 bits per heavy atom. The second-order valence-electron chi connectivity index (χ2n) is 6.58. The quantitative estimate of drug-likeness (QED) is 0.664. The predicted molar refractivity (Wildman–Crippen MR) is 94.4 cm³/mol. The maximum atomic E-state index is 12.7. The Morgan fingerprint density at radius 3 is 2.00 bits per heavy atom. The lowest BCUT2D eigenvalue weighted by molar-refractivity contribution is -0.134. The fourth-order valence-electron chi connectivity index (χ4n) is 3.44. The molecule has 140 valence electrons. The van der Waals surface area contributed by atoms with Crippen LogP contribution in [0.25, 0.3) is 0 Å². The molecule has 24 heavy (non-hydrogen) atoms. The van der Waals surface area contributed by atoms with Gasteiger partial charge >= 0.3 is 0 Å². The molecule has 0 radical (unpaired) electrons. The van der Waals surface area contributed by atoms with Crippen molar-refractivity contribution in [3.63, 3.8) is 0 Å². The number of likely N-dealkylation sites (N-methyl/N-ethyl adjacent to an activating group) is 1. The average molecular weight is 382 g/mol. The summed E-state index contributed by atoms with van der Waals surface area (Å²) in [6.07, 6.45) is 1.92. The molecular weight excluding hydrogens is 354 g/mol. The number of carbonyl (C=O) groups is 1. The molecule has 1 amide bonds. The van der Waals surface area contributed by atoms with Crippen molar-refractivity contribution >= 4 is 28.5 Å². The van der Waals surface area contributed by atoms with Crippen molar-refractivity contribution in [1.29, 1.82) is 0 Å². The van der Waals surface area contributed by atoms with E-state index in [1.54, 1.807) is 9.21 Å². The SMILES string of the molecule is CN1CCN(S(=O)(=O)N2CCN(C(=O)C3CCCN3)CC2)CC1.Cl. The van der Waals surface area contributed by atoms with Crippen LogP contribution in [0, 0.1) is 0 Å². The molecule has 0 bridgehead atoms. The van der Waals surface area contributed by atoms with Gasteiger partial charge in [0.15, 0.2) is 0 Å². The van der Waals surface area contributed by atoms with E-state index in [-0.39, 0.29) is 24.4 Å². The first-order valence-corrected chi connectivity index (χ1v) is 9.84. The van der Waals surface area contributed by atoms with Gasteiger partial charge in [0, 0.05) is 52.4 Å². The van der Waals surface area contributed by atoms with Gasteiger partial charge in [-0.1, -0.05) is 0 Å². The van der Waals surface area contributed by atoms with Gasteiger partial charge in [0.2, 0.25) is 5.91 Å². The summed E-state index contributed by atoms with van der Waals surface area (Å²) in [7, 11) is -1.38. The highest BCUT2D eigenvalue weighted by atomic mass is 35.5. The molecule has 3 heterocycles. The summed E-state index contributed by atoms with van der Waals surface area (Å²) in [4.78, 5) is 16.3. The fraction of sp³-hybridized carbons (Fsp3) is 0.929. The zero-order valence-electron chi connectivity index (χ0n) is 14.2. The topological polar surface area (TPSA) is 76.2 Å². The molecule has 0 aromatic rings. The van der Waals surface area contributed by atoms with E-state index >= 15 is 0 Å². The van der Waals surface area contributed by atoms with E-state index in [4.69, 9.17) is 0 Å². The first kappa shape index (κ1) is 19.9. The van der Waals surface area contributed by atoms with Crippen LogP contribution in [-0.4, -0.2) is 105 Å². The van der Waals surface area contributed by atoms with Crippen LogP contribution in [0.5, 0.6) is 0 Å². The minimum atomic E-state index is -3.39. The molecule has 1 atom stereocenters. The zero-order valence-corrected chi connectivity index (χ0v) is 15.8. The van der Waals surface area contributed by atoms with Crippen LogP contribution in [0.1, 0.15) is 12.8 Å². The van der Waals surface area contributed by atoms with Crippen LogP contribution in [-0.2, 0) is 15.0 Å². The number of amides is 1. The molecule has 3 aliphatic rings. The van der Waals surface area contributed by atoms with Gasteiger partial charge in [-0.05, 0) is 26.4 Å². The molecule has 3 rings (SSSR count). The van der Waals surface area contributed by atoms with Crippen LogP contribution in [0.4, 0.5) is 0 Å². The van der Waals surface area contributed by atoms with E-state index in [0.717, 1.165) is 32.5 Å². The molecule has 0 aromatic heterocycles. The molecule has 1 unspecified atom stereocenters. The number of carbonyl (C=O) groups excluding carboxylic acids is 1. The molecule has 0 aromatic carbocycles. The van der Waals surface area contributed by atoms with Gasteiger partial charge < -0.3 is 15.1 Å². The van der Waals surface area contributed by atoms with Crippen LogP contribution in [0.3, 0.4) is 0 Å². The molecule has 0 saturated carbocycles. The van der Waals surface area contributed by atoms with Gasteiger partial charge in [-0.3, -0.25) is 4.79 Å². The Labute approximate surface area is 150 Å². The van der Waals surface area contributed by atoms with Crippen molar-refractivity contribution in [3.8, 4) is 0 Å². The Bertz CT molecular complexity index is 525. The van der Waals surface area contributed by atoms with Crippen LogP contribution >= 0.6 is 12.4 Å². The number of rotatable bonds is 3. The monoisotopic (exact) mass is 381 g/mol. The maximum absolute atomic E-state index is 12.7. The third-order valence-electron chi connectivity index (χ3n) is 5.02. The van der Waals surface area contributed by atoms with Gasteiger partial charge in [0.1, 0.15) is 0 Å². The summed E-state index contributed by atoms with van der Waals surface area (Å²) >= 11 is 0. The van der Waals surface area contributed by atoms with Gasteiger partial charge in [-0.15, -0.1) is 12.4 Å². The summed E-state index contributed by atoms with van der Waals surface area (Å²) < 4.78 is 28.5. The Kier molecular flexibility index (Phi) is 6.86. The van der Waals surface area contributed by atoms with E-state index in [2.05, 4.69) is 10.2 Å². The van der Waals surface area contributed by atoms with Crippen molar-refractivity contribution in [1.82, 2.24) is 23.7 Å². The van der Waals surface area contributed by atoms with Gasteiger partial charge in [0.25, 0.3) is 10.2 Å². The summed E-state index contributed by atoms with van der Waals surface area (Å²) in [5.74, 6) is 0.124. The lowest BCUT2D eigenvalue weighted by Crippen LogP contribution is -2.58. The zero-order chi connectivity index (χ0) is 16.4. The summed E-state index contributed by atoms with van der Waals surface area (Å²) in [5.41, 5.74) is 0. The third-order valence-corrected chi connectivity index (χ3v) is 7.06. The molecule has 3 aliphatic heterocycles. The summed E-state index contributed by atoms with van der Waals surface area (Å²) in [6, 6.07) is -0.0733. The number of hydrogen-bond donors (Lipinski definition) is 1. The molecule has 8 nitrogen and oxygen atoms in total. The number of nitrogens with zero attached hydrogens (tertiary/aromatic N) is 4. The number of piperazine rings is 2. The fourth-order valence-corrected chi connectivity index (χ4v) is 5.01. The highest BCUT2D eigenvalue weighted by molar-refractivity contribution is 7.86. The molecule has 1 N–H and O–H groups in total. The molecule has 0 aliphatic carbocycles. The standard InChI is InChI=1S/C14H27N5O3S.ClH/c1-16-5-9-18(10-6-16)23(21,22)19-11-7-17(8-12-19)14(20)13-3-2-4-15-13;/h13,15H,2-12H2,1H3;1H. The van der Waals surface area contributed by atoms with E-state index in [1.807, 2.05) is 7.05 Å². The van der Waals surface area contributed by atoms with Gasteiger partial charge in [0.05, 0.1) is 6.04 Å². The predicted octanol–water partition coefficient (Wildman–Crippen LogP) is -1.20. The molecule has 3 fully saturated rings. The Balaban J connectivity index is 0.00000208. The number of nitrogens with one attached hydrogen (secondary N) is 1. The van der Waals surface area contributed by atoms with Crippen LogP contribution < -0.4 is 5.32 Å². The van der Waals surface area contributed by atoms with Crippen molar-refractivity contribution in [2.75, 3.05) is 66.0 Å².